The number of amides is 4. The number of nitrogens with one attached hydrogen (secondary N) is 4. The minimum absolute atomic E-state index is 0.0505. The van der Waals surface area contributed by atoms with Crippen LogP contribution < -0.4 is 30.8 Å². The Morgan fingerprint density at radius 3 is 2.30 bits per heavy atom. The molecular weight excluding hydrogens is 482 g/mol. The summed E-state index contributed by atoms with van der Waals surface area (Å²) in [6, 6.07) is 14.8. The Morgan fingerprint density at radius 2 is 1.59 bits per heavy atom. The van der Waals surface area contributed by atoms with Gasteiger partial charge in [0.25, 0.3) is 0 Å². The van der Waals surface area contributed by atoms with Crippen molar-refractivity contribution < 1.29 is 33.1 Å². The van der Waals surface area contributed by atoms with Crippen molar-refractivity contribution in [2.75, 3.05) is 24.9 Å². The van der Waals surface area contributed by atoms with E-state index in [1.165, 1.54) is 32.6 Å². The largest absolute Gasteiger partial charge is 0.497 e. The Kier molecular flexibility index (Phi) is 8.97. The van der Waals surface area contributed by atoms with Crippen molar-refractivity contribution in [2.24, 2.45) is 5.10 Å². The Hall–Kier alpha value is -5.13. The first-order valence-electron chi connectivity index (χ1n) is 10.9. The highest BCUT2D eigenvalue weighted by Gasteiger charge is 2.17. The van der Waals surface area contributed by atoms with Crippen LogP contribution in [0.2, 0.25) is 0 Å². The molecule has 0 unspecified atom stereocenters. The third-order valence-corrected chi connectivity index (χ3v) is 4.84. The molecule has 0 atom stereocenters. The second kappa shape index (κ2) is 12.5. The molecular formula is C25H25N5O7. The van der Waals surface area contributed by atoms with E-state index in [0.717, 1.165) is 5.56 Å². The fraction of sp³-hybridized carbons (Fsp3) is 0.160. The maximum Gasteiger partial charge on any atom is 0.329 e. The summed E-state index contributed by atoms with van der Waals surface area (Å²) < 4.78 is 15.7. The zero-order valence-electron chi connectivity index (χ0n) is 20.3. The number of furan rings is 1. The molecule has 4 amide bonds. The summed E-state index contributed by atoms with van der Waals surface area (Å²) >= 11 is 0. The summed E-state index contributed by atoms with van der Waals surface area (Å²) in [7, 11) is 2.89. The van der Waals surface area contributed by atoms with Crippen LogP contribution in [0.25, 0.3) is 0 Å². The molecule has 192 valence electrons. The number of ether oxygens (including phenoxy) is 2. The standard InChI is InChI=1S/C25H25N5O7/c1-15-4-6-16(7-5-15)28-23(32)22(31)26-13-18-8-9-19(37-18)14-27-30-25(34)24(33)29-20-12-17(35-2)10-11-21(20)36-3/h4-12,14H,13H2,1-3H3,(H,26,31)(H,28,32)(H,29,33)(H,30,34)/b27-14+. The summed E-state index contributed by atoms with van der Waals surface area (Å²) in [5, 5.41) is 11.0. The van der Waals surface area contributed by atoms with Crippen LogP contribution in [0.3, 0.4) is 0 Å². The highest BCUT2D eigenvalue weighted by Crippen LogP contribution is 2.28. The van der Waals surface area contributed by atoms with Gasteiger partial charge in [-0.05, 0) is 43.3 Å². The van der Waals surface area contributed by atoms with Crippen LogP contribution in [0.1, 0.15) is 17.1 Å². The van der Waals surface area contributed by atoms with Gasteiger partial charge >= 0.3 is 23.6 Å². The van der Waals surface area contributed by atoms with E-state index in [1.54, 1.807) is 30.3 Å². The number of nitrogens with zero attached hydrogens (tertiary/aromatic N) is 1. The normalized spacial score (nSPS) is 10.5. The second-order valence-corrected chi connectivity index (χ2v) is 7.53. The number of carbonyl (C=O) groups is 4. The fourth-order valence-electron chi connectivity index (χ4n) is 2.93. The number of methoxy groups -OCH3 is 2. The molecule has 3 aromatic rings. The van der Waals surface area contributed by atoms with Crippen molar-refractivity contribution in [3.63, 3.8) is 0 Å². The van der Waals surface area contributed by atoms with Crippen LogP contribution in [0.5, 0.6) is 11.5 Å². The van der Waals surface area contributed by atoms with E-state index < -0.39 is 23.6 Å². The molecule has 1 heterocycles. The van der Waals surface area contributed by atoms with E-state index in [0.29, 0.717) is 22.9 Å². The van der Waals surface area contributed by atoms with Gasteiger partial charge in [-0.25, -0.2) is 5.43 Å². The topological polar surface area (TPSA) is 160 Å². The smallest absolute Gasteiger partial charge is 0.329 e. The first-order chi connectivity index (χ1) is 17.8. The molecule has 3 rings (SSSR count). The molecule has 12 nitrogen and oxygen atoms in total. The summed E-state index contributed by atoms with van der Waals surface area (Å²) in [6.45, 7) is 1.86. The SMILES string of the molecule is COc1ccc(OC)c(NC(=O)C(=O)N/N=C/c2ccc(CNC(=O)C(=O)Nc3ccc(C)cc3)o2)c1. The monoisotopic (exact) mass is 507 g/mol. The zero-order chi connectivity index (χ0) is 26.8. The van der Waals surface area contributed by atoms with Crippen LogP contribution in [-0.4, -0.2) is 44.1 Å². The Morgan fingerprint density at radius 1 is 0.865 bits per heavy atom. The lowest BCUT2D eigenvalue weighted by Gasteiger charge is -2.10. The number of hydrogen-bond acceptors (Lipinski definition) is 8. The predicted molar refractivity (Wildman–Crippen MR) is 134 cm³/mol. The lowest BCUT2D eigenvalue weighted by Crippen LogP contribution is -2.34. The average molecular weight is 508 g/mol. The number of hydrazone groups is 1. The third kappa shape index (κ3) is 7.68. The Labute approximate surface area is 212 Å². The highest BCUT2D eigenvalue weighted by atomic mass is 16.5. The number of carbonyl (C=O) groups excluding carboxylic acids is 4. The molecule has 0 saturated carbocycles. The van der Waals surface area contributed by atoms with Crippen molar-refractivity contribution in [1.82, 2.24) is 10.7 Å². The molecule has 0 saturated heterocycles. The molecule has 0 spiro atoms. The molecule has 0 bridgehead atoms. The van der Waals surface area contributed by atoms with Gasteiger partial charge in [-0.3, -0.25) is 19.2 Å². The van der Waals surface area contributed by atoms with Crippen molar-refractivity contribution in [3.8, 4) is 11.5 Å². The van der Waals surface area contributed by atoms with Gasteiger partial charge in [-0.2, -0.15) is 5.10 Å². The summed E-state index contributed by atoms with van der Waals surface area (Å²) in [5.41, 5.74) is 3.85. The quantitative estimate of drug-likeness (QED) is 0.206. The first-order valence-corrected chi connectivity index (χ1v) is 10.9. The van der Waals surface area contributed by atoms with E-state index in [2.05, 4.69) is 26.5 Å². The number of hydrogen-bond donors (Lipinski definition) is 4. The lowest BCUT2D eigenvalue weighted by molar-refractivity contribution is -0.136. The molecule has 0 aliphatic carbocycles. The van der Waals surface area contributed by atoms with Crippen LogP contribution in [0, 0.1) is 6.92 Å². The molecule has 37 heavy (non-hydrogen) atoms. The molecule has 0 radical (unpaired) electrons. The van der Waals surface area contributed by atoms with Crippen molar-refractivity contribution in [2.45, 2.75) is 13.5 Å². The summed E-state index contributed by atoms with van der Waals surface area (Å²) in [6.07, 6.45) is 1.17. The van der Waals surface area contributed by atoms with Crippen molar-refractivity contribution >= 4 is 41.2 Å². The molecule has 0 aliphatic rings. The van der Waals surface area contributed by atoms with Crippen LogP contribution in [0.4, 0.5) is 11.4 Å². The van der Waals surface area contributed by atoms with Gasteiger partial charge < -0.3 is 29.8 Å². The molecule has 0 fully saturated rings. The van der Waals surface area contributed by atoms with Gasteiger partial charge in [0.1, 0.15) is 23.0 Å². The maximum atomic E-state index is 12.2. The number of rotatable bonds is 8. The average Bonchev–Trinajstić information content (AvgIpc) is 3.35. The van der Waals surface area contributed by atoms with Gasteiger partial charge in [-0.15, -0.1) is 0 Å². The van der Waals surface area contributed by atoms with E-state index in [-0.39, 0.29) is 18.0 Å². The molecule has 2 aromatic carbocycles. The lowest BCUT2D eigenvalue weighted by atomic mass is 10.2. The minimum Gasteiger partial charge on any atom is -0.497 e. The summed E-state index contributed by atoms with van der Waals surface area (Å²) in [5.74, 6) is -2.27. The van der Waals surface area contributed by atoms with Gasteiger partial charge in [0.05, 0.1) is 32.7 Å². The number of anilines is 2. The van der Waals surface area contributed by atoms with Gasteiger partial charge in [0.15, 0.2) is 0 Å². The fourth-order valence-corrected chi connectivity index (χ4v) is 2.93. The van der Waals surface area contributed by atoms with E-state index in [9.17, 15) is 19.2 Å². The van der Waals surface area contributed by atoms with Crippen LogP contribution in [0.15, 0.2) is 64.1 Å². The molecule has 1 aromatic heterocycles. The van der Waals surface area contributed by atoms with Gasteiger partial charge in [-0.1, -0.05) is 17.7 Å². The zero-order valence-corrected chi connectivity index (χ0v) is 20.3. The second-order valence-electron chi connectivity index (χ2n) is 7.53. The van der Waals surface area contributed by atoms with Crippen LogP contribution in [-0.2, 0) is 25.7 Å². The minimum atomic E-state index is -1.03. The first kappa shape index (κ1) is 26.5. The molecule has 4 N–H and O–H groups in total. The highest BCUT2D eigenvalue weighted by molar-refractivity contribution is 6.40. The van der Waals surface area contributed by atoms with E-state index >= 15 is 0 Å². The van der Waals surface area contributed by atoms with Crippen molar-refractivity contribution in [3.05, 3.63) is 71.7 Å². The summed E-state index contributed by atoms with van der Waals surface area (Å²) in [4.78, 5) is 48.3. The van der Waals surface area contributed by atoms with Crippen LogP contribution >= 0.6 is 0 Å². The third-order valence-electron chi connectivity index (χ3n) is 4.84. The van der Waals surface area contributed by atoms with Gasteiger partial charge in [0.2, 0.25) is 0 Å². The Balaban J connectivity index is 1.46. The van der Waals surface area contributed by atoms with Crippen molar-refractivity contribution in [1.29, 1.82) is 0 Å². The van der Waals surface area contributed by atoms with E-state index in [4.69, 9.17) is 13.9 Å². The van der Waals surface area contributed by atoms with Gasteiger partial charge in [0, 0.05) is 11.8 Å². The Bertz CT molecular complexity index is 1320. The molecule has 12 heteroatoms. The predicted octanol–water partition coefficient (Wildman–Crippen LogP) is 1.95. The maximum absolute atomic E-state index is 12.2. The number of benzene rings is 2. The van der Waals surface area contributed by atoms with E-state index in [1.807, 2.05) is 19.1 Å². The number of aryl methyl sites for hydroxylation is 1. The molecule has 0 aliphatic heterocycles.